The second-order valence-electron chi connectivity index (χ2n) is 4.58. The van der Waals surface area contributed by atoms with E-state index in [2.05, 4.69) is 35.5 Å². The quantitative estimate of drug-likeness (QED) is 0.882. The first-order chi connectivity index (χ1) is 9.22. The molecule has 2 aromatic rings. The zero-order valence-corrected chi connectivity index (χ0v) is 12.6. The van der Waals surface area contributed by atoms with Crippen molar-refractivity contribution in [3.8, 4) is 0 Å². The zero-order chi connectivity index (χ0) is 13.7. The van der Waals surface area contributed by atoms with Gasteiger partial charge in [-0.25, -0.2) is 0 Å². The molecule has 1 aromatic carbocycles. The summed E-state index contributed by atoms with van der Waals surface area (Å²) in [5.74, 6) is 0. The molecule has 0 spiro atoms. The van der Waals surface area contributed by atoms with Crippen LogP contribution >= 0.6 is 22.9 Å². The van der Waals surface area contributed by atoms with Crippen molar-refractivity contribution < 1.29 is 0 Å². The Labute approximate surface area is 123 Å². The Morgan fingerprint density at radius 1 is 1.26 bits per heavy atom. The van der Waals surface area contributed by atoms with Crippen LogP contribution in [0.25, 0.3) is 0 Å². The SMILES string of the molecule is CN(CCc1cccs1)C(CN)c1ccccc1Cl. The number of likely N-dealkylation sites (N-methyl/N-ethyl adjacent to an activating group) is 1. The third-order valence-electron chi connectivity index (χ3n) is 3.31. The second kappa shape index (κ2) is 7.06. The topological polar surface area (TPSA) is 29.3 Å². The number of nitrogens with two attached hydrogens (primary N) is 1. The number of halogens is 1. The molecule has 0 saturated carbocycles. The average molecular weight is 295 g/mol. The van der Waals surface area contributed by atoms with Crippen molar-refractivity contribution >= 4 is 22.9 Å². The van der Waals surface area contributed by atoms with Gasteiger partial charge in [-0.2, -0.15) is 0 Å². The van der Waals surface area contributed by atoms with Gasteiger partial charge in [-0.05, 0) is 36.5 Å². The van der Waals surface area contributed by atoms with Gasteiger partial charge in [0.2, 0.25) is 0 Å². The lowest BCUT2D eigenvalue weighted by Crippen LogP contribution is -2.32. The van der Waals surface area contributed by atoms with Gasteiger partial charge in [0.1, 0.15) is 0 Å². The largest absolute Gasteiger partial charge is 0.329 e. The summed E-state index contributed by atoms with van der Waals surface area (Å²) in [6, 6.07) is 12.4. The maximum absolute atomic E-state index is 6.26. The van der Waals surface area contributed by atoms with E-state index < -0.39 is 0 Å². The highest BCUT2D eigenvalue weighted by molar-refractivity contribution is 7.09. The molecule has 0 aliphatic carbocycles. The van der Waals surface area contributed by atoms with Crippen LogP contribution in [-0.2, 0) is 6.42 Å². The molecule has 1 unspecified atom stereocenters. The van der Waals surface area contributed by atoms with Crippen molar-refractivity contribution in [1.82, 2.24) is 4.90 Å². The first kappa shape index (κ1) is 14.5. The summed E-state index contributed by atoms with van der Waals surface area (Å²) in [6.07, 6.45) is 1.05. The molecule has 1 heterocycles. The van der Waals surface area contributed by atoms with Crippen molar-refractivity contribution in [2.24, 2.45) is 5.73 Å². The van der Waals surface area contributed by atoms with Crippen molar-refractivity contribution in [3.63, 3.8) is 0 Å². The highest BCUT2D eigenvalue weighted by Gasteiger charge is 2.17. The molecule has 4 heteroatoms. The first-order valence-electron chi connectivity index (χ1n) is 6.39. The van der Waals surface area contributed by atoms with Crippen molar-refractivity contribution in [3.05, 3.63) is 57.2 Å². The Morgan fingerprint density at radius 3 is 2.68 bits per heavy atom. The fourth-order valence-corrected chi connectivity index (χ4v) is 3.15. The number of nitrogens with zero attached hydrogens (tertiary/aromatic N) is 1. The van der Waals surface area contributed by atoms with Crippen molar-refractivity contribution in [1.29, 1.82) is 0 Å². The van der Waals surface area contributed by atoms with Gasteiger partial charge in [0.25, 0.3) is 0 Å². The summed E-state index contributed by atoms with van der Waals surface area (Å²) in [6.45, 7) is 1.55. The standard InChI is InChI=1S/C15H19ClN2S/c1-18(9-8-12-5-4-10-19-12)15(11-17)13-6-2-3-7-14(13)16/h2-7,10,15H,8-9,11,17H2,1H3. The maximum Gasteiger partial charge on any atom is 0.0482 e. The fraction of sp³-hybridized carbons (Fsp3) is 0.333. The highest BCUT2D eigenvalue weighted by Crippen LogP contribution is 2.26. The van der Waals surface area contributed by atoms with Gasteiger partial charge in [-0.3, -0.25) is 4.90 Å². The van der Waals surface area contributed by atoms with Crippen LogP contribution in [0, 0.1) is 0 Å². The molecule has 1 atom stereocenters. The molecule has 0 bridgehead atoms. The first-order valence-corrected chi connectivity index (χ1v) is 7.65. The molecule has 0 fully saturated rings. The lowest BCUT2D eigenvalue weighted by atomic mass is 10.1. The smallest absolute Gasteiger partial charge is 0.0482 e. The van der Waals surface area contributed by atoms with Gasteiger partial charge in [0, 0.05) is 29.0 Å². The molecular weight excluding hydrogens is 276 g/mol. The van der Waals surface area contributed by atoms with Crippen LogP contribution in [0.4, 0.5) is 0 Å². The summed E-state index contributed by atoms with van der Waals surface area (Å²) >= 11 is 8.06. The molecule has 0 aliphatic rings. The fourth-order valence-electron chi connectivity index (χ4n) is 2.19. The lowest BCUT2D eigenvalue weighted by molar-refractivity contribution is 0.254. The van der Waals surface area contributed by atoms with Gasteiger partial charge in [-0.15, -0.1) is 11.3 Å². The van der Waals surface area contributed by atoms with Gasteiger partial charge >= 0.3 is 0 Å². The van der Waals surface area contributed by atoms with Crippen LogP contribution in [0.5, 0.6) is 0 Å². The monoisotopic (exact) mass is 294 g/mol. The summed E-state index contributed by atoms with van der Waals surface area (Å²) in [7, 11) is 2.11. The Kier molecular flexibility index (Phi) is 5.40. The van der Waals surface area contributed by atoms with Crippen LogP contribution < -0.4 is 5.73 Å². The predicted octanol–water partition coefficient (Wildman–Crippen LogP) is 3.58. The Balaban J connectivity index is 2.03. The van der Waals surface area contributed by atoms with E-state index in [9.17, 15) is 0 Å². The second-order valence-corrected chi connectivity index (χ2v) is 6.02. The zero-order valence-electron chi connectivity index (χ0n) is 11.1. The molecule has 0 aliphatic heterocycles. The van der Waals surface area contributed by atoms with Crippen LogP contribution in [0.1, 0.15) is 16.5 Å². The third kappa shape index (κ3) is 3.80. The molecule has 1 aromatic heterocycles. The van der Waals surface area contributed by atoms with Gasteiger partial charge in [0.15, 0.2) is 0 Å². The highest BCUT2D eigenvalue weighted by atomic mass is 35.5. The van der Waals surface area contributed by atoms with Crippen molar-refractivity contribution in [2.75, 3.05) is 20.1 Å². The molecule has 2 N–H and O–H groups in total. The minimum Gasteiger partial charge on any atom is -0.329 e. The number of thiophene rings is 1. The number of rotatable bonds is 6. The number of benzene rings is 1. The van der Waals surface area contributed by atoms with Crippen LogP contribution in [-0.4, -0.2) is 25.0 Å². The van der Waals surface area contributed by atoms with Gasteiger partial charge < -0.3 is 5.73 Å². The molecular formula is C15H19ClN2S. The maximum atomic E-state index is 6.26. The molecule has 102 valence electrons. The van der Waals surface area contributed by atoms with E-state index in [1.165, 1.54) is 4.88 Å². The Hall–Kier alpha value is -0.870. The third-order valence-corrected chi connectivity index (χ3v) is 4.59. The minimum absolute atomic E-state index is 0.175. The Morgan fingerprint density at radius 2 is 2.05 bits per heavy atom. The van der Waals surface area contributed by atoms with Crippen LogP contribution in [0.15, 0.2) is 41.8 Å². The molecule has 19 heavy (non-hydrogen) atoms. The van der Waals surface area contributed by atoms with Gasteiger partial charge in [0.05, 0.1) is 0 Å². The van der Waals surface area contributed by atoms with Gasteiger partial charge in [-0.1, -0.05) is 35.9 Å². The lowest BCUT2D eigenvalue weighted by Gasteiger charge is -2.27. The summed E-state index contributed by atoms with van der Waals surface area (Å²) < 4.78 is 0. The van der Waals surface area contributed by atoms with E-state index in [4.69, 9.17) is 17.3 Å². The average Bonchev–Trinajstić information content (AvgIpc) is 2.92. The van der Waals surface area contributed by atoms with Crippen molar-refractivity contribution in [2.45, 2.75) is 12.5 Å². The van der Waals surface area contributed by atoms with E-state index in [0.717, 1.165) is 23.6 Å². The summed E-state index contributed by atoms with van der Waals surface area (Å²) in [5.41, 5.74) is 7.04. The molecule has 2 rings (SSSR count). The van der Waals surface area contributed by atoms with E-state index in [1.807, 2.05) is 18.2 Å². The normalized spacial score (nSPS) is 12.8. The van der Waals surface area contributed by atoms with E-state index in [0.29, 0.717) is 6.54 Å². The summed E-state index contributed by atoms with van der Waals surface area (Å²) in [4.78, 5) is 3.68. The molecule has 0 saturated heterocycles. The number of hydrogen-bond acceptors (Lipinski definition) is 3. The summed E-state index contributed by atoms with van der Waals surface area (Å²) in [5, 5.41) is 2.91. The van der Waals surface area contributed by atoms with E-state index in [1.54, 1.807) is 11.3 Å². The predicted molar refractivity (Wildman–Crippen MR) is 83.9 cm³/mol. The number of hydrogen-bond donors (Lipinski definition) is 1. The minimum atomic E-state index is 0.175. The van der Waals surface area contributed by atoms with E-state index in [-0.39, 0.29) is 6.04 Å². The Bertz CT molecular complexity index is 499. The molecule has 2 nitrogen and oxygen atoms in total. The van der Waals surface area contributed by atoms with E-state index >= 15 is 0 Å². The molecule has 0 amide bonds. The van der Waals surface area contributed by atoms with Crippen LogP contribution in [0.3, 0.4) is 0 Å². The van der Waals surface area contributed by atoms with Crippen LogP contribution in [0.2, 0.25) is 5.02 Å². The molecule has 0 radical (unpaired) electrons.